The van der Waals surface area contributed by atoms with Crippen molar-refractivity contribution in [2.24, 2.45) is 0 Å². The predicted octanol–water partition coefficient (Wildman–Crippen LogP) is 1.04. The predicted molar refractivity (Wildman–Crippen MR) is 42.9 cm³/mol. The molecule has 0 bridgehead atoms. The van der Waals surface area contributed by atoms with Crippen molar-refractivity contribution in [2.45, 2.75) is 38.2 Å². The van der Waals surface area contributed by atoms with Gasteiger partial charge >= 0.3 is 6.36 Å². The number of aliphatic hydroxyl groups is 1. The fourth-order valence-corrected chi connectivity index (χ4v) is 1.11. The van der Waals surface area contributed by atoms with E-state index >= 15 is 0 Å². The Morgan fingerprint density at radius 1 is 1.27 bits per heavy atom. The molecule has 7 heteroatoms. The minimum atomic E-state index is -4.79. The third kappa shape index (κ3) is 4.33. The molecule has 0 saturated carbocycles. The molecule has 1 saturated heterocycles. The molecule has 0 aromatic heterocycles. The zero-order chi connectivity index (χ0) is 11.7. The van der Waals surface area contributed by atoms with Crippen LogP contribution in [0.5, 0.6) is 0 Å². The van der Waals surface area contributed by atoms with Crippen LogP contribution in [0.15, 0.2) is 0 Å². The first-order chi connectivity index (χ1) is 6.70. The van der Waals surface area contributed by atoms with Gasteiger partial charge in [0.2, 0.25) is 0 Å². The largest absolute Gasteiger partial charge is 0.522 e. The molecule has 0 spiro atoms. The Morgan fingerprint density at radius 2 is 1.80 bits per heavy atom. The van der Waals surface area contributed by atoms with Crippen LogP contribution in [0.25, 0.3) is 0 Å². The van der Waals surface area contributed by atoms with Gasteiger partial charge in [-0.3, -0.25) is 4.74 Å². The molecule has 1 aliphatic heterocycles. The van der Waals surface area contributed by atoms with Gasteiger partial charge in [0, 0.05) is 0 Å². The minimum absolute atomic E-state index is 0.256. The van der Waals surface area contributed by atoms with Crippen molar-refractivity contribution in [3.63, 3.8) is 0 Å². The second-order valence-electron chi connectivity index (χ2n) is 3.69. The molecule has 2 atom stereocenters. The minimum Gasteiger partial charge on any atom is -0.388 e. The highest BCUT2D eigenvalue weighted by Crippen LogP contribution is 2.24. The standard InChI is InChI=1S/C8H13F3O4/c1-7(2)13-3-5(12)6(4-14-7)15-8(9,10)11/h5-6,12H,3-4H2,1-2H3/t5-,6-/m1/s1. The van der Waals surface area contributed by atoms with Crippen molar-refractivity contribution in [3.8, 4) is 0 Å². The average molecular weight is 230 g/mol. The highest BCUT2D eigenvalue weighted by Gasteiger charge is 2.40. The second-order valence-corrected chi connectivity index (χ2v) is 3.69. The Labute approximate surface area is 84.9 Å². The second kappa shape index (κ2) is 4.25. The van der Waals surface area contributed by atoms with Crippen LogP contribution in [0.4, 0.5) is 13.2 Å². The summed E-state index contributed by atoms with van der Waals surface area (Å²) in [5.41, 5.74) is 0. The van der Waals surface area contributed by atoms with Crippen LogP contribution < -0.4 is 0 Å². The van der Waals surface area contributed by atoms with Crippen molar-refractivity contribution in [3.05, 3.63) is 0 Å². The first-order valence-electron chi connectivity index (χ1n) is 4.40. The lowest BCUT2D eigenvalue weighted by molar-refractivity contribution is -0.354. The van der Waals surface area contributed by atoms with Crippen LogP contribution in [-0.2, 0) is 14.2 Å². The first-order valence-corrected chi connectivity index (χ1v) is 4.40. The lowest BCUT2D eigenvalue weighted by Crippen LogP contribution is -2.38. The Morgan fingerprint density at radius 3 is 2.33 bits per heavy atom. The summed E-state index contributed by atoms with van der Waals surface area (Å²) in [7, 11) is 0. The summed E-state index contributed by atoms with van der Waals surface area (Å²) < 4.78 is 49.5. The maximum Gasteiger partial charge on any atom is 0.522 e. The van der Waals surface area contributed by atoms with Gasteiger partial charge in [-0.15, -0.1) is 13.2 Å². The number of aliphatic hydroxyl groups excluding tert-OH is 1. The fraction of sp³-hybridized carbons (Fsp3) is 1.00. The van der Waals surface area contributed by atoms with Gasteiger partial charge in [0.1, 0.15) is 12.2 Å². The lowest BCUT2D eigenvalue weighted by Gasteiger charge is -2.22. The van der Waals surface area contributed by atoms with Gasteiger partial charge in [-0.1, -0.05) is 0 Å². The van der Waals surface area contributed by atoms with Crippen molar-refractivity contribution >= 4 is 0 Å². The third-order valence-corrected chi connectivity index (χ3v) is 1.91. The van der Waals surface area contributed by atoms with E-state index in [-0.39, 0.29) is 13.2 Å². The van der Waals surface area contributed by atoms with E-state index in [0.717, 1.165) is 0 Å². The highest BCUT2D eigenvalue weighted by molar-refractivity contribution is 4.74. The molecule has 1 fully saturated rings. The first kappa shape index (κ1) is 12.7. The molecular formula is C8H13F3O4. The van der Waals surface area contributed by atoms with Crippen molar-refractivity contribution in [2.75, 3.05) is 13.2 Å². The fourth-order valence-electron chi connectivity index (χ4n) is 1.11. The average Bonchev–Trinajstić information content (AvgIpc) is 2.16. The normalized spacial score (nSPS) is 32.4. The Kier molecular flexibility index (Phi) is 3.59. The van der Waals surface area contributed by atoms with Crippen LogP contribution in [0.3, 0.4) is 0 Å². The van der Waals surface area contributed by atoms with E-state index < -0.39 is 24.4 Å². The Hall–Kier alpha value is -0.370. The summed E-state index contributed by atoms with van der Waals surface area (Å²) >= 11 is 0. The maximum absolute atomic E-state index is 11.9. The molecule has 0 amide bonds. The molecule has 0 aromatic carbocycles. The van der Waals surface area contributed by atoms with Crippen LogP contribution in [0.1, 0.15) is 13.8 Å². The van der Waals surface area contributed by atoms with E-state index in [1.54, 1.807) is 13.8 Å². The van der Waals surface area contributed by atoms with Crippen LogP contribution in [0.2, 0.25) is 0 Å². The van der Waals surface area contributed by atoms with Crippen molar-refractivity contribution in [1.29, 1.82) is 0 Å². The van der Waals surface area contributed by atoms with E-state index in [1.165, 1.54) is 0 Å². The van der Waals surface area contributed by atoms with Crippen LogP contribution >= 0.6 is 0 Å². The molecule has 15 heavy (non-hydrogen) atoms. The maximum atomic E-state index is 11.9. The molecule has 4 nitrogen and oxygen atoms in total. The molecule has 0 radical (unpaired) electrons. The van der Waals surface area contributed by atoms with Gasteiger partial charge in [0.15, 0.2) is 5.79 Å². The number of alkyl halides is 3. The number of rotatable bonds is 1. The highest BCUT2D eigenvalue weighted by atomic mass is 19.4. The molecule has 1 rings (SSSR count). The summed E-state index contributed by atoms with van der Waals surface area (Å²) in [6.45, 7) is 2.48. The van der Waals surface area contributed by atoms with Crippen molar-refractivity contribution in [1.82, 2.24) is 0 Å². The summed E-state index contributed by atoms with van der Waals surface area (Å²) in [4.78, 5) is 0. The van der Waals surface area contributed by atoms with Gasteiger partial charge < -0.3 is 14.6 Å². The molecule has 1 heterocycles. The zero-order valence-electron chi connectivity index (χ0n) is 8.37. The zero-order valence-corrected chi connectivity index (χ0v) is 8.37. The van der Waals surface area contributed by atoms with Gasteiger partial charge in [-0.2, -0.15) is 0 Å². The molecule has 1 aliphatic rings. The van der Waals surface area contributed by atoms with Gasteiger partial charge in [0.05, 0.1) is 13.2 Å². The lowest BCUT2D eigenvalue weighted by atomic mass is 10.2. The Bertz CT molecular complexity index is 216. The monoisotopic (exact) mass is 230 g/mol. The number of hydrogen-bond donors (Lipinski definition) is 1. The molecule has 0 aliphatic carbocycles. The summed E-state index contributed by atoms with van der Waals surface area (Å²) in [5, 5.41) is 9.31. The molecule has 0 aromatic rings. The number of hydrogen-bond acceptors (Lipinski definition) is 4. The van der Waals surface area contributed by atoms with Crippen LogP contribution in [-0.4, -0.2) is 42.7 Å². The van der Waals surface area contributed by atoms with Crippen molar-refractivity contribution < 1.29 is 32.5 Å². The summed E-state index contributed by atoms with van der Waals surface area (Å²) in [6, 6.07) is 0. The van der Waals surface area contributed by atoms with Crippen LogP contribution in [0, 0.1) is 0 Å². The summed E-state index contributed by atoms with van der Waals surface area (Å²) in [6.07, 6.45) is -7.59. The third-order valence-electron chi connectivity index (χ3n) is 1.91. The molecule has 90 valence electrons. The van der Waals surface area contributed by atoms with E-state index in [2.05, 4.69) is 4.74 Å². The van der Waals surface area contributed by atoms with E-state index in [0.29, 0.717) is 0 Å². The van der Waals surface area contributed by atoms with E-state index in [1.807, 2.05) is 0 Å². The smallest absolute Gasteiger partial charge is 0.388 e. The number of ether oxygens (including phenoxy) is 3. The molecule has 1 N–H and O–H groups in total. The van der Waals surface area contributed by atoms with E-state index in [9.17, 15) is 18.3 Å². The van der Waals surface area contributed by atoms with Gasteiger partial charge in [-0.25, -0.2) is 0 Å². The topological polar surface area (TPSA) is 47.9 Å². The van der Waals surface area contributed by atoms with E-state index in [4.69, 9.17) is 9.47 Å². The summed E-state index contributed by atoms with van der Waals surface area (Å²) in [5.74, 6) is -1.01. The quantitative estimate of drug-likeness (QED) is 0.731. The number of halogens is 3. The van der Waals surface area contributed by atoms with Gasteiger partial charge in [-0.05, 0) is 13.8 Å². The van der Waals surface area contributed by atoms with Gasteiger partial charge in [0.25, 0.3) is 0 Å². The SMILES string of the molecule is CC1(C)OC[C@@H](O)[C@H](OC(F)(F)F)CO1. The molecular weight excluding hydrogens is 217 g/mol. The molecule has 0 unspecified atom stereocenters. The Balaban J connectivity index is 2.58.